The van der Waals surface area contributed by atoms with Gasteiger partial charge in [0.2, 0.25) is 0 Å². The lowest BCUT2D eigenvalue weighted by atomic mass is 9.90. The van der Waals surface area contributed by atoms with Crippen LogP contribution in [0.25, 0.3) is 11.1 Å². The Morgan fingerprint density at radius 1 is 1.10 bits per heavy atom. The average Bonchev–Trinajstić information content (AvgIpc) is 2.45. The van der Waals surface area contributed by atoms with Gasteiger partial charge in [-0.15, -0.1) is 0 Å². The van der Waals surface area contributed by atoms with Gasteiger partial charge in [0, 0.05) is 0 Å². The summed E-state index contributed by atoms with van der Waals surface area (Å²) >= 11 is 0. The Bertz CT molecular complexity index is 720. The first kappa shape index (κ1) is 15.6. The van der Waals surface area contributed by atoms with Crippen molar-refractivity contribution >= 4 is 10.1 Å². The molecule has 0 radical (unpaired) electrons. The summed E-state index contributed by atoms with van der Waals surface area (Å²) in [6.45, 7) is 4.35. The van der Waals surface area contributed by atoms with Crippen molar-refractivity contribution < 1.29 is 12.6 Å². The second kappa shape index (κ2) is 6.31. The smallest absolute Gasteiger partial charge is 0.306 e. The highest BCUT2D eigenvalue weighted by molar-refractivity contribution is 7.86. The van der Waals surface area contributed by atoms with E-state index in [4.69, 9.17) is 4.18 Å². The summed E-state index contributed by atoms with van der Waals surface area (Å²) in [7, 11) is -3.51. The van der Waals surface area contributed by atoms with Crippen LogP contribution in [0.4, 0.5) is 0 Å². The minimum absolute atomic E-state index is 0.342. The molecule has 2 aromatic rings. The third-order valence-corrected chi connectivity index (χ3v) is 3.99. The normalized spacial score (nSPS) is 12.9. The van der Waals surface area contributed by atoms with Gasteiger partial charge in [-0.05, 0) is 41.2 Å². The van der Waals surface area contributed by atoms with E-state index in [0.29, 0.717) is 11.7 Å². The first-order chi connectivity index (χ1) is 9.90. The molecular weight excluding hydrogens is 284 g/mol. The molecule has 0 heterocycles. The van der Waals surface area contributed by atoms with Crippen LogP contribution in [-0.4, -0.2) is 14.7 Å². The maximum Gasteiger partial charge on any atom is 0.306 e. The lowest BCUT2D eigenvalue weighted by Gasteiger charge is -2.15. The van der Waals surface area contributed by atoms with E-state index in [1.807, 2.05) is 24.3 Å². The molecule has 0 saturated heterocycles. The van der Waals surface area contributed by atoms with Crippen LogP contribution in [-0.2, 0) is 10.1 Å². The summed E-state index contributed by atoms with van der Waals surface area (Å²) in [4.78, 5) is 0. The maximum absolute atomic E-state index is 11.2. The van der Waals surface area contributed by atoms with Gasteiger partial charge in [-0.25, -0.2) is 0 Å². The number of hydrogen-bond acceptors (Lipinski definition) is 3. The van der Waals surface area contributed by atoms with E-state index in [2.05, 4.69) is 26.0 Å². The Kier molecular flexibility index (Phi) is 4.68. The van der Waals surface area contributed by atoms with Crippen LogP contribution < -0.4 is 4.18 Å². The van der Waals surface area contributed by atoms with E-state index >= 15 is 0 Å². The van der Waals surface area contributed by atoms with E-state index in [9.17, 15) is 8.42 Å². The molecular formula is C17H20O3S. The van der Waals surface area contributed by atoms with Crippen LogP contribution in [0.3, 0.4) is 0 Å². The van der Waals surface area contributed by atoms with Crippen molar-refractivity contribution in [2.75, 3.05) is 6.26 Å². The molecule has 0 saturated carbocycles. The first-order valence-electron chi connectivity index (χ1n) is 6.99. The second-order valence-corrected chi connectivity index (χ2v) is 6.79. The standard InChI is InChI=1S/C17H20O3S/c1-4-13(2)16-10-5-6-11-17(16)14-8-7-9-15(12-14)20-21(3,18)19/h5-13H,4H2,1-3H3. The Morgan fingerprint density at radius 2 is 1.81 bits per heavy atom. The third kappa shape index (κ3) is 4.08. The first-order valence-corrected chi connectivity index (χ1v) is 8.81. The van der Waals surface area contributed by atoms with Crippen molar-refractivity contribution in [2.45, 2.75) is 26.2 Å². The topological polar surface area (TPSA) is 43.4 Å². The van der Waals surface area contributed by atoms with Crippen molar-refractivity contribution in [1.82, 2.24) is 0 Å². The fourth-order valence-electron chi connectivity index (χ4n) is 2.30. The van der Waals surface area contributed by atoms with E-state index in [-0.39, 0.29) is 0 Å². The zero-order valence-electron chi connectivity index (χ0n) is 12.5. The molecule has 0 amide bonds. The summed E-state index contributed by atoms with van der Waals surface area (Å²) in [5.41, 5.74) is 3.34. The lowest BCUT2D eigenvalue weighted by Crippen LogP contribution is -2.05. The van der Waals surface area contributed by atoms with Crippen molar-refractivity contribution in [3.05, 3.63) is 54.1 Å². The molecule has 0 aliphatic heterocycles. The molecule has 0 bridgehead atoms. The van der Waals surface area contributed by atoms with Crippen LogP contribution in [0.15, 0.2) is 48.5 Å². The molecule has 21 heavy (non-hydrogen) atoms. The molecule has 2 aromatic carbocycles. The summed E-state index contributed by atoms with van der Waals surface area (Å²) in [5.74, 6) is 0.787. The van der Waals surface area contributed by atoms with Gasteiger partial charge < -0.3 is 4.18 Å². The second-order valence-electron chi connectivity index (χ2n) is 5.21. The highest BCUT2D eigenvalue weighted by atomic mass is 32.2. The fourth-order valence-corrected chi connectivity index (χ4v) is 2.75. The predicted octanol–water partition coefficient (Wildman–Crippen LogP) is 4.21. The Labute approximate surface area is 126 Å². The van der Waals surface area contributed by atoms with Gasteiger partial charge >= 0.3 is 10.1 Å². The van der Waals surface area contributed by atoms with Crippen molar-refractivity contribution in [2.24, 2.45) is 0 Å². The number of hydrogen-bond donors (Lipinski definition) is 0. The van der Waals surface area contributed by atoms with Crippen molar-refractivity contribution in [3.63, 3.8) is 0 Å². The Morgan fingerprint density at radius 3 is 2.48 bits per heavy atom. The lowest BCUT2D eigenvalue weighted by molar-refractivity contribution is 0.493. The monoisotopic (exact) mass is 304 g/mol. The van der Waals surface area contributed by atoms with Gasteiger partial charge in [0.1, 0.15) is 5.75 Å². The van der Waals surface area contributed by atoms with E-state index in [1.165, 1.54) is 5.56 Å². The quantitative estimate of drug-likeness (QED) is 0.777. The van der Waals surface area contributed by atoms with E-state index in [1.54, 1.807) is 12.1 Å². The summed E-state index contributed by atoms with van der Waals surface area (Å²) in [6.07, 6.45) is 2.10. The largest absolute Gasteiger partial charge is 0.383 e. The third-order valence-electron chi connectivity index (χ3n) is 3.50. The average molecular weight is 304 g/mol. The molecule has 0 aromatic heterocycles. The van der Waals surface area contributed by atoms with E-state index < -0.39 is 10.1 Å². The van der Waals surface area contributed by atoms with Crippen LogP contribution >= 0.6 is 0 Å². The highest BCUT2D eigenvalue weighted by Gasteiger charge is 2.11. The van der Waals surface area contributed by atoms with Crippen LogP contribution in [0.2, 0.25) is 0 Å². The molecule has 3 nitrogen and oxygen atoms in total. The summed E-state index contributed by atoms with van der Waals surface area (Å²) in [6, 6.07) is 15.4. The molecule has 112 valence electrons. The van der Waals surface area contributed by atoms with E-state index in [0.717, 1.165) is 23.8 Å². The summed E-state index contributed by atoms with van der Waals surface area (Å²) in [5, 5.41) is 0. The molecule has 0 spiro atoms. The Balaban J connectivity index is 2.46. The van der Waals surface area contributed by atoms with Gasteiger partial charge in [-0.2, -0.15) is 8.42 Å². The van der Waals surface area contributed by atoms with Crippen molar-refractivity contribution in [3.8, 4) is 16.9 Å². The molecule has 4 heteroatoms. The molecule has 0 N–H and O–H groups in total. The predicted molar refractivity (Wildman–Crippen MR) is 86.1 cm³/mol. The molecule has 0 aliphatic rings. The molecule has 0 aliphatic carbocycles. The van der Waals surface area contributed by atoms with Crippen LogP contribution in [0.5, 0.6) is 5.75 Å². The van der Waals surface area contributed by atoms with Crippen LogP contribution in [0.1, 0.15) is 31.7 Å². The molecule has 1 atom stereocenters. The minimum atomic E-state index is -3.51. The molecule has 0 fully saturated rings. The maximum atomic E-state index is 11.2. The molecule has 1 unspecified atom stereocenters. The number of benzene rings is 2. The zero-order chi connectivity index (χ0) is 15.5. The van der Waals surface area contributed by atoms with Gasteiger partial charge in [-0.1, -0.05) is 50.2 Å². The van der Waals surface area contributed by atoms with Gasteiger partial charge in [-0.3, -0.25) is 0 Å². The zero-order valence-corrected chi connectivity index (χ0v) is 13.4. The van der Waals surface area contributed by atoms with Gasteiger partial charge in [0.05, 0.1) is 6.26 Å². The Hall–Kier alpha value is -1.81. The highest BCUT2D eigenvalue weighted by Crippen LogP contribution is 2.32. The molecule has 2 rings (SSSR count). The summed E-state index contributed by atoms with van der Waals surface area (Å²) < 4.78 is 27.5. The van der Waals surface area contributed by atoms with Gasteiger partial charge in [0.15, 0.2) is 0 Å². The van der Waals surface area contributed by atoms with Crippen LogP contribution in [0, 0.1) is 0 Å². The SMILES string of the molecule is CCC(C)c1ccccc1-c1cccc(OS(C)(=O)=O)c1. The minimum Gasteiger partial charge on any atom is -0.383 e. The number of rotatable bonds is 5. The van der Waals surface area contributed by atoms with Crippen molar-refractivity contribution in [1.29, 1.82) is 0 Å². The van der Waals surface area contributed by atoms with Gasteiger partial charge in [0.25, 0.3) is 0 Å². The fraction of sp³-hybridized carbons (Fsp3) is 0.294.